The standard InChI is InChI=1S/C22H23N3O6/c1-14-8-9-18(11-19(14)25(29)30)23-20(26)13-31-22(28)17-10-21(27)24(12-17)15(2)16-6-4-3-5-7-16/h3-9,11,15,17H,10,12-13H2,1-2H3,(H,23,26)/t15-,17-/m0/s1. The van der Waals surface area contributed by atoms with Crippen molar-refractivity contribution >= 4 is 29.2 Å². The molecule has 0 aliphatic carbocycles. The second-order valence-electron chi connectivity index (χ2n) is 7.45. The molecule has 1 N–H and O–H groups in total. The van der Waals surface area contributed by atoms with E-state index in [4.69, 9.17) is 4.74 Å². The molecule has 2 amide bonds. The quantitative estimate of drug-likeness (QED) is 0.414. The number of benzene rings is 2. The van der Waals surface area contributed by atoms with Crippen molar-refractivity contribution in [3.05, 3.63) is 69.8 Å². The molecular weight excluding hydrogens is 402 g/mol. The normalized spacial score (nSPS) is 16.6. The minimum absolute atomic E-state index is 0.0295. The van der Waals surface area contributed by atoms with E-state index in [9.17, 15) is 24.5 Å². The summed E-state index contributed by atoms with van der Waals surface area (Å²) in [5.74, 6) is -2.03. The molecule has 2 aromatic rings. The molecule has 0 spiro atoms. The van der Waals surface area contributed by atoms with Gasteiger partial charge in [-0.1, -0.05) is 36.4 Å². The Labute approximate surface area is 179 Å². The zero-order valence-electron chi connectivity index (χ0n) is 17.2. The van der Waals surface area contributed by atoms with E-state index in [1.54, 1.807) is 11.8 Å². The molecular formula is C22H23N3O6. The van der Waals surface area contributed by atoms with Gasteiger partial charge in [0, 0.05) is 30.3 Å². The van der Waals surface area contributed by atoms with Crippen LogP contribution in [0, 0.1) is 23.0 Å². The SMILES string of the molecule is Cc1ccc(NC(=O)COC(=O)[C@H]2CC(=O)N([C@@H](C)c3ccccc3)C2)cc1[N+](=O)[O-]. The highest BCUT2D eigenvalue weighted by Gasteiger charge is 2.38. The highest BCUT2D eigenvalue weighted by molar-refractivity contribution is 5.94. The molecule has 0 radical (unpaired) electrons. The lowest BCUT2D eigenvalue weighted by molar-refractivity contribution is -0.385. The van der Waals surface area contributed by atoms with Crippen molar-refractivity contribution < 1.29 is 24.0 Å². The predicted molar refractivity (Wildman–Crippen MR) is 112 cm³/mol. The Balaban J connectivity index is 1.53. The molecule has 1 fully saturated rings. The molecule has 3 rings (SSSR count). The third kappa shape index (κ3) is 5.25. The summed E-state index contributed by atoms with van der Waals surface area (Å²) in [5.41, 5.74) is 1.55. The molecule has 0 saturated carbocycles. The third-order valence-electron chi connectivity index (χ3n) is 5.28. The highest BCUT2D eigenvalue weighted by Crippen LogP contribution is 2.29. The first-order chi connectivity index (χ1) is 14.8. The lowest BCUT2D eigenvalue weighted by Gasteiger charge is -2.25. The molecule has 1 saturated heterocycles. The molecule has 1 heterocycles. The number of carbonyl (C=O) groups is 3. The number of ether oxygens (including phenoxy) is 1. The van der Waals surface area contributed by atoms with Gasteiger partial charge < -0.3 is 15.0 Å². The van der Waals surface area contributed by atoms with Crippen molar-refractivity contribution in [2.24, 2.45) is 5.92 Å². The van der Waals surface area contributed by atoms with Crippen molar-refractivity contribution in [3.8, 4) is 0 Å². The summed E-state index contributed by atoms with van der Waals surface area (Å²) in [7, 11) is 0. The molecule has 0 bridgehead atoms. The average Bonchev–Trinajstić information content (AvgIpc) is 3.15. The first-order valence-corrected chi connectivity index (χ1v) is 9.82. The van der Waals surface area contributed by atoms with Crippen molar-refractivity contribution in [2.75, 3.05) is 18.5 Å². The van der Waals surface area contributed by atoms with E-state index in [0.29, 0.717) is 5.56 Å². The summed E-state index contributed by atoms with van der Waals surface area (Å²) in [4.78, 5) is 48.9. The second-order valence-corrected chi connectivity index (χ2v) is 7.45. The zero-order valence-corrected chi connectivity index (χ0v) is 17.2. The number of esters is 1. The smallest absolute Gasteiger partial charge is 0.311 e. The number of amides is 2. The number of nitro benzene ring substituents is 1. The number of anilines is 1. The van der Waals surface area contributed by atoms with Gasteiger partial charge in [-0.25, -0.2) is 0 Å². The van der Waals surface area contributed by atoms with E-state index in [1.807, 2.05) is 37.3 Å². The number of nitro groups is 1. The van der Waals surface area contributed by atoms with Crippen molar-refractivity contribution in [3.63, 3.8) is 0 Å². The summed E-state index contributed by atoms with van der Waals surface area (Å²) < 4.78 is 5.08. The summed E-state index contributed by atoms with van der Waals surface area (Å²) in [6, 6.07) is 13.6. The van der Waals surface area contributed by atoms with Crippen LogP contribution in [-0.4, -0.2) is 40.8 Å². The third-order valence-corrected chi connectivity index (χ3v) is 5.28. The number of nitrogens with zero attached hydrogens (tertiary/aromatic N) is 2. The van der Waals surface area contributed by atoms with Gasteiger partial charge in [-0.15, -0.1) is 0 Å². The Morgan fingerprint density at radius 3 is 2.65 bits per heavy atom. The van der Waals surface area contributed by atoms with Gasteiger partial charge in [-0.05, 0) is 25.5 Å². The van der Waals surface area contributed by atoms with Crippen LogP contribution in [0.3, 0.4) is 0 Å². The van der Waals surface area contributed by atoms with Gasteiger partial charge in [0.1, 0.15) is 0 Å². The van der Waals surface area contributed by atoms with Crippen molar-refractivity contribution in [1.29, 1.82) is 0 Å². The fourth-order valence-electron chi connectivity index (χ4n) is 3.51. The van der Waals surface area contributed by atoms with E-state index in [2.05, 4.69) is 5.32 Å². The lowest BCUT2D eigenvalue weighted by atomic mass is 10.1. The van der Waals surface area contributed by atoms with Gasteiger partial charge in [0.2, 0.25) is 5.91 Å². The van der Waals surface area contributed by atoms with Gasteiger partial charge in [-0.2, -0.15) is 0 Å². The Hall–Kier alpha value is -3.75. The molecule has 2 atom stereocenters. The number of hydrogen-bond donors (Lipinski definition) is 1. The predicted octanol–water partition coefficient (Wildman–Crippen LogP) is 2.99. The maximum absolute atomic E-state index is 12.4. The molecule has 31 heavy (non-hydrogen) atoms. The molecule has 9 heteroatoms. The number of rotatable bonds is 7. The molecule has 162 valence electrons. The largest absolute Gasteiger partial charge is 0.455 e. The average molecular weight is 425 g/mol. The summed E-state index contributed by atoms with van der Waals surface area (Å²) in [6.45, 7) is 3.17. The molecule has 1 aliphatic rings. The van der Waals surface area contributed by atoms with Crippen LogP contribution in [0.25, 0.3) is 0 Å². The Morgan fingerprint density at radius 2 is 1.97 bits per heavy atom. The van der Waals surface area contributed by atoms with Gasteiger partial charge in [0.05, 0.1) is 16.9 Å². The van der Waals surface area contributed by atoms with Crippen LogP contribution in [0.5, 0.6) is 0 Å². The molecule has 0 aromatic heterocycles. The van der Waals surface area contributed by atoms with E-state index in [1.165, 1.54) is 18.2 Å². The summed E-state index contributed by atoms with van der Waals surface area (Å²) >= 11 is 0. The van der Waals surface area contributed by atoms with Gasteiger partial charge in [0.25, 0.3) is 11.6 Å². The fraction of sp³-hybridized carbons (Fsp3) is 0.318. The number of carbonyl (C=O) groups excluding carboxylic acids is 3. The van der Waals surface area contributed by atoms with E-state index in [0.717, 1.165) is 5.56 Å². The van der Waals surface area contributed by atoms with Crippen LogP contribution >= 0.6 is 0 Å². The summed E-state index contributed by atoms with van der Waals surface area (Å²) in [5, 5.41) is 13.5. The lowest BCUT2D eigenvalue weighted by Crippen LogP contribution is -2.30. The zero-order chi connectivity index (χ0) is 22.5. The Bertz CT molecular complexity index is 1010. The monoisotopic (exact) mass is 425 g/mol. The Morgan fingerprint density at radius 1 is 1.26 bits per heavy atom. The second kappa shape index (κ2) is 9.38. The van der Waals surface area contributed by atoms with Gasteiger partial charge in [-0.3, -0.25) is 24.5 Å². The van der Waals surface area contributed by atoms with Crippen molar-refractivity contribution in [2.45, 2.75) is 26.3 Å². The van der Waals surface area contributed by atoms with Crippen LogP contribution in [0.1, 0.15) is 30.5 Å². The van der Waals surface area contributed by atoms with Crippen LogP contribution in [-0.2, 0) is 19.1 Å². The maximum Gasteiger partial charge on any atom is 0.311 e. The number of aryl methyl sites for hydroxylation is 1. The first-order valence-electron chi connectivity index (χ1n) is 9.82. The van der Waals surface area contributed by atoms with Crippen LogP contribution in [0.2, 0.25) is 0 Å². The number of nitrogens with one attached hydrogen (secondary N) is 1. The first kappa shape index (κ1) is 21.9. The van der Waals surface area contributed by atoms with E-state index in [-0.39, 0.29) is 36.3 Å². The van der Waals surface area contributed by atoms with Crippen LogP contribution < -0.4 is 5.32 Å². The van der Waals surface area contributed by atoms with Crippen LogP contribution in [0.15, 0.2) is 48.5 Å². The maximum atomic E-state index is 12.4. The molecule has 1 aliphatic heterocycles. The van der Waals surface area contributed by atoms with Crippen molar-refractivity contribution in [1.82, 2.24) is 4.90 Å². The number of likely N-dealkylation sites (tertiary alicyclic amines) is 1. The summed E-state index contributed by atoms with van der Waals surface area (Å²) in [6.07, 6.45) is 0.0295. The topological polar surface area (TPSA) is 119 Å². The van der Waals surface area contributed by atoms with Crippen LogP contribution in [0.4, 0.5) is 11.4 Å². The molecule has 2 aromatic carbocycles. The molecule has 0 unspecified atom stereocenters. The minimum atomic E-state index is -0.646. The van der Waals surface area contributed by atoms with Gasteiger partial charge in [0.15, 0.2) is 6.61 Å². The molecule has 9 nitrogen and oxygen atoms in total. The minimum Gasteiger partial charge on any atom is -0.455 e. The van der Waals surface area contributed by atoms with E-state index < -0.39 is 29.3 Å². The highest BCUT2D eigenvalue weighted by atomic mass is 16.6. The van der Waals surface area contributed by atoms with Gasteiger partial charge >= 0.3 is 5.97 Å². The fourth-order valence-corrected chi connectivity index (χ4v) is 3.51. The van der Waals surface area contributed by atoms with E-state index >= 15 is 0 Å². The Kier molecular flexibility index (Phi) is 6.64. The number of hydrogen-bond acceptors (Lipinski definition) is 6.